The monoisotopic (exact) mass is 219 g/mol. The minimum atomic E-state index is 0.463. The smallest absolute Gasteiger partial charge is 0.119 e. The van der Waals surface area contributed by atoms with E-state index in [0.29, 0.717) is 11.8 Å². The zero-order valence-electron chi connectivity index (χ0n) is 10.2. The van der Waals surface area contributed by atoms with E-state index in [0.717, 1.165) is 24.1 Å². The molecule has 0 saturated carbocycles. The van der Waals surface area contributed by atoms with Crippen LogP contribution in [0.25, 0.3) is 0 Å². The van der Waals surface area contributed by atoms with E-state index in [9.17, 15) is 5.11 Å². The lowest BCUT2D eigenvalue weighted by atomic mass is 9.94. The first-order valence-electron chi connectivity index (χ1n) is 6.19. The largest absolute Gasteiger partial charge is 0.508 e. The normalized spacial score (nSPS) is 21.0. The van der Waals surface area contributed by atoms with Gasteiger partial charge in [0.15, 0.2) is 0 Å². The van der Waals surface area contributed by atoms with Crippen LogP contribution in [-0.2, 0) is 6.42 Å². The Labute approximate surface area is 97.7 Å². The number of aryl methyl sites for hydroxylation is 2. The van der Waals surface area contributed by atoms with Gasteiger partial charge in [-0.25, -0.2) is 0 Å². The fourth-order valence-corrected chi connectivity index (χ4v) is 2.59. The summed E-state index contributed by atoms with van der Waals surface area (Å²) in [6.45, 7) is 5.23. The number of benzene rings is 1. The molecule has 2 rings (SSSR count). The quantitative estimate of drug-likeness (QED) is 0.801. The molecule has 2 N–H and O–H groups in total. The predicted octanol–water partition coefficient (Wildman–Crippen LogP) is 2.69. The molecule has 1 atom stereocenters. The molecular formula is C14H21NO. The molecule has 1 aromatic rings. The van der Waals surface area contributed by atoms with Crippen molar-refractivity contribution in [2.24, 2.45) is 0 Å². The Bertz CT molecular complexity index is 344. The van der Waals surface area contributed by atoms with Crippen LogP contribution in [-0.4, -0.2) is 17.7 Å². The summed E-state index contributed by atoms with van der Waals surface area (Å²) in [6, 6.07) is 4.56. The second-order valence-electron chi connectivity index (χ2n) is 4.93. The fraction of sp³-hybridized carbons (Fsp3) is 0.571. The third-order valence-corrected chi connectivity index (χ3v) is 3.46. The molecule has 2 heteroatoms. The van der Waals surface area contributed by atoms with E-state index in [1.54, 1.807) is 0 Å². The zero-order valence-corrected chi connectivity index (χ0v) is 10.2. The molecule has 2 nitrogen and oxygen atoms in total. The molecule has 1 aromatic carbocycles. The molecule has 1 fully saturated rings. The summed E-state index contributed by atoms with van der Waals surface area (Å²) < 4.78 is 0. The highest BCUT2D eigenvalue weighted by Crippen LogP contribution is 2.25. The van der Waals surface area contributed by atoms with Crippen LogP contribution in [0.2, 0.25) is 0 Å². The molecule has 1 heterocycles. The van der Waals surface area contributed by atoms with E-state index in [1.165, 1.54) is 24.8 Å². The number of hydrogen-bond acceptors (Lipinski definition) is 2. The standard InChI is InChI=1S/C14H21NO/c1-10-7-11(2)13(14(16)8-10)9-12-5-3-4-6-15-12/h7-8,12,15-16H,3-6,9H2,1-2H3. The van der Waals surface area contributed by atoms with Crippen LogP contribution < -0.4 is 5.32 Å². The highest BCUT2D eigenvalue weighted by atomic mass is 16.3. The minimum absolute atomic E-state index is 0.463. The molecule has 0 aliphatic carbocycles. The first-order chi connectivity index (χ1) is 7.66. The number of hydrogen-bond donors (Lipinski definition) is 2. The summed E-state index contributed by atoms with van der Waals surface area (Å²) in [7, 11) is 0. The fourth-order valence-electron chi connectivity index (χ4n) is 2.59. The Morgan fingerprint density at radius 2 is 2.12 bits per heavy atom. The molecule has 0 radical (unpaired) electrons. The van der Waals surface area contributed by atoms with Crippen LogP contribution in [0.4, 0.5) is 0 Å². The third-order valence-electron chi connectivity index (χ3n) is 3.46. The first-order valence-corrected chi connectivity index (χ1v) is 6.19. The molecule has 0 aromatic heterocycles. The molecule has 1 aliphatic heterocycles. The van der Waals surface area contributed by atoms with Crippen molar-refractivity contribution < 1.29 is 5.11 Å². The van der Waals surface area contributed by atoms with E-state index < -0.39 is 0 Å². The van der Waals surface area contributed by atoms with E-state index in [4.69, 9.17) is 0 Å². The minimum Gasteiger partial charge on any atom is -0.508 e. The van der Waals surface area contributed by atoms with Gasteiger partial charge in [0.25, 0.3) is 0 Å². The van der Waals surface area contributed by atoms with Crippen molar-refractivity contribution in [3.8, 4) is 5.75 Å². The SMILES string of the molecule is Cc1cc(C)c(CC2CCCCN2)c(O)c1. The molecule has 0 amide bonds. The van der Waals surface area contributed by atoms with Crippen LogP contribution in [0, 0.1) is 13.8 Å². The zero-order chi connectivity index (χ0) is 11.5. The van der Waals surface area contributed by atoms with Gasteiger partial charge in [0, 0.05) is 6.04 Å². The molecule has 88 valence electrons. The second-order valence-corrected chi connectivity index (χ2v) is 4.93. The molecule has 1 saturated heterocycles. The van der Waals surface area contributed by atoms with E-state index in [-0.39, 0.29) is 0 Å². The lowest BCUT2D eigenvalue weighted by Gasteiger charge is -2.24. The lowest BCUT2D eigenvalue weighted by molar-refractivity contribution is 0.391. The average Bonchev–Trinajstić information content (AvgIpc) is 2.25. The summed E-state index contributed by atoms with van der Waals surface area (Å²) in [5.74, 6) is 0.463. The van der Waals surface area contributed by atoms with Crippen molar-refractivity contribution in [2.75, 3.05) is 6.54 Å². The number of rotatable bonds is 2. The Balaban J connectivity index is 2.14. The van der Waals surface area contributed by atoms with Crippen LogP contribution in [0.15, 0.2) is 12.1 Å². The number of phenolic OH excluding ortho intramolecular Hbond substituents is 1. The Kier molecular flexibility index (Phi) is 3.49. The second kappa shape index (κ2) is 4.88. The Morgan fingerprint density at radius 3 is 2.75 bits per heavy atom. The Hall–Kier alpha value is -1.02. The summed E-state index contributed by atoms with van der Waals surface area (Å²) in [5, 5.41) is 13.5. The van der Waals surface area contributed by atoms with E-state index in [1.807, 2.05) is 13.0 Å². The van der Waals surface area contributed by atoms with Gasteiger partial charge in [0.05, 0.1) is 0 Å². The van der Waals surface area contributed by atoms with Gasteiger partial charge in [0.1, 0.15) is 5.75 Å². The maximum Gasteiger partial charge on any atom is 0.119 e. The third kappa shape index (κ3) is 2.56. The van der Waals surface area contributed by atoms with E-state index in [2.05, 4.69) is 18.3 Å². The number of phenols is 1. The molecule has 0 spiro atoms. The summed E-state index contributed by atoms with van der Waals surface area (Å²) in [6.07, 6.45) is 4.78. The van der Waals surface area contributed by atoms with Crippen LogP contribution in [0.3, 0.4) is 0 Å². The maximum atomic E-state index is 9.98. The van der Waals surface area contributed by atoms with Crippen LogP contribution in [0.1, 0.15) is 36.0 Å². The molecule has 1 unspecified atom stereocenters. The van der Waals surface area contributed by atoms with Crippen LogP contribution in [0.5, 0.6) is 5.75 Å². The van der Waals surface area contributed by atoms with Crippen molar-refractivity contribution in [3.63, 3.8) is 0 Å². The van der Waals surface area contributed by atoms with Gasteiger partial charge in [-0.1, -0.05) is 12.5 Å². The lowest BCUT2D eigenvalue weighted by Crippen LogP contribution is -2.35. The molecule has 1 aliphatic rings. The summed E-state index contributed by atoms with van der Waals surface area (Å²) >= 11 is 0. The highest BCUT2D eigenvalue weighted by molar-refractivity contribution is 5.42. The van der Waals surface area contributed by atoms with Crippen molar-refractivity contribution in [3.05, 3.63) is 28.8 Å². The van der Waals surface area contributed by atoms with Gasteiger partial charge in [-0.15, -0.1) is 0 Å². The van der Waals surface area contributed by atoms with Gasteiger partial charge in [-0.05, 0) is 62.4 Å². The number of aromatic hydroxyl groups is 1. The van der Waals surface area contributed by atoms with Gasteiger partial charge in [-0.3, -0.25) is 0 Å². The van der Waals surface area contributed by atoms with Crippen molar-refractivity contribution in [1.82, 2.24) is 5.32 Å². The van der Waals surface area contributed by atoms with Crippen LogP contribution >= 0.6 is 0 Å². The summed E-state index contributed by atoms with van der Waals surface area (Å²) in [4.78, 5) is 0. The van der Waals surface area contributed by atoms with Gasteiger partial charge in [-0.2, -0.15) is 0 Å². The number of piperidine rings is 1. The first kappa shape index (κ1) is 11.5. The highest BCUT2D eigenvalue weighted by Gasteiger charge is 2.16. The molecule has 0 bridgehead atoms. The predicted molar refractivity (Wildman–Crippen MR) is 66.9 cm³/mol. The number of nitrogens with one attached hydrogen (secondary N) is 1. The van der Waals surface area contributed by atoms with Crippen molar-refractivity contribution in [2.45, 2.75) is 45.6 Å². The van der Waals surface area contributed by atoms with E-state index >= 15 is 0 Å². The topological polar surface area (TPSA) is 32.3 Å². The summed E-state index contributed by atoms with van der Waals surface area (Å²) in [5.41, 5.74) is 3.46. The maximum absolute atomic E-state index is 9.98. The van der Waals surface area contributed by atoms with Crippen molar-refractivity contribution in [1.29, 1.82) is 0 Å². The molecule has 16 heavy (non-hydrogen) atoms. The molecular weight excluding hydrogens is 198 g/mol. The Morgan fingerprint density at radius 1 is 1.31 bits per heavy atom. The van der Waals surface area contributed by atoms with Gasteiger partial charge in [0.2, 0.25) is 0 Å². The van der Waals surface area contributed by atoms with Gasteiger partial charge >= 0.3 is 0 Å². The average molecular weight is 219 g/mol. The van der Waals surface area contributed by atoms with Crippen molar-refractivity contribution >= 4 is 0 Å². The van der Waals surface area contributed by atoms with Gasteiger partial charge < -0.3 is 10.4 Å².